The van der Waals surface area contributed by atoms with Crippen LogP contribution in [0, 0.1) is 50.7 Å². The van der Waals surface area contributed by atoms with Crippen molar-refractivity contribution in [1.82, 2.24) is 0 Å². The molecule has 0 bridgehead atoms. The van der Waals surface area contributed by atoms with E-state index in [1.807, 2.05) is 6.92 Å². The second-order valence-electron chi connectivity index (χ2n) is 14.1. The van der Waals surface area contributed by atoms with Crippen LogP contribution in [0.4, 0.5) is 0 Å². The molecule has 5 heteroatoms. The summed E-state index contributed by atoms with van der Waals surface area (Å²) in [6, 6.07) is 0. The summed E-state index contributed by atoms with van der Waals surface area (Å²) in [5.41, 5.74) is 0.748. The van der Waals surface area contributed by atoms with Crippen molar-refractivity contribution in [2.24, 2.45) is 50.7 Å². The topological polar surface area (TPSA) is 98.0 Å². The molecule has 11 atom stereocenters. The molecule has 35 heavy (non-hydrogen) atoms. The minimum absolute atomic E-state index is 0.00946. The fraction of sp³-hybridized carbons (Fsp3) is 0.833. The highest BCUT2D eigenvalue weighted by molar-refractivity contribution is 5.77. The molecule has 0 aromatic rings. The third kappa shape index (κ3) is 2.89. The molecule has 0 amide bonds. The van der Waals surface area contributed by atoms with Crippen LogP contribution in [0.25, 0.3) is 0 Å². The highest BCUT2D eigenvalue weighted by atomic mass is 16.4. The second kappa shape index (κ2) is 7.68. The number of aliphatic hydroxyl groups excluding tert-OH is 3. The fourth-order valence-electron chi connectivity index (χ4n) is 10.7. The molecule has 0 aromatic heterocycles. The minimum atomic E-state index is -0.917. The zero-order valence-corrected chi connectivity index (χ0v) is 22.3. The average Bonchev–Trinajstić information content (AvgIpc) is 2.80. The number of hydrogen-bond donors (Lipinski definition) is 4. The van der Waals surface area contributed by atoms with Crippen LogP contribution in [-0.4, -0.2) is 45.2 Å². The van der Waals surface area contributed by atoms with Gasteiger partial charge in [-0.2, -0.15) is 0 Å². The van der Waals surface area contributed by atoms with E-state index in [9.17, 15) is 25.2 Å². The number of carbonyl (C=O) groups is 1. The zero-order chi connectivity index (χ0) is 25.8. The Bertz CT molecular complexity index is 972. The molecule has 4 fully saturated rings. The van der Waals surface area contributed by atoms with Crippen molar-refractivity contribution in [3.63, 3.8) is 0 Å². The molecule has 0 aliphatic heterocycles. The highest BCUT2D eigenvalue weighted by Gasteiger charge is 2.70. The van der Waals surface area contributed by atoms with E-state index >= 15 is 0 Å². The predicted molar refractivity (Wildman–Crippen MR) is 135 cm³/mol. The summed E-state index contributed by atoms with van der Waals surface area (Å²) >= 11 is 0. The Labute approximate surface area is 210 Å². The van der Waals surface area contributed by atoms with Gasteiger partial charge in [-0.1, -0.05) is 58.4 Å². The van der Waals surface area contributed by atoms with Gasteiger partial charge in [0.05, 0.1) is 24.2 Å². The zero-order valence-electron chi connectivity index (χ0n) is 22.3. The summed E-state index contributed by atoms with van der Waals surface area (Å²) in [5.74, 6) is -0.0668. The van der Waals surface area contributed by atoms with Gasteiger partial charge >= 0.3 is 5.97 Å². The van der Waals surface area contributed by atoms with E-state index < -0.39 is 29.0 Å². The Hall–Kier alpha value is -1.17. The van der Waals surface area contributed by atoms with Crippen LogP contribution in [0.2, 0.25) is 0 Å². The number of carboxylic acids is 1. The lowest BCUT2D eigenvalue weighted by Crippen LogP contribution is -2.68. The van der Waals surface area contributed by atoms with Gasteiger partial charge in [0.25, 0.3) is 0 Å². The van der Waals surface area contributed by atoms with Crippen LogP contribution >= 0.6 is 0 Å². The van der Waals surface area contributed by atoms with Gasteiger partial charge in [-0.15, -0.1) is 0 Å². The predicted octanol–water partition coefficient (Wildman–Crippen LogP) is 4.95. The van der Waals surface area contributed by atoms with Gasteiger partial charge in [-0.05, 0) is 85.4 Å². The van der Waals surface area contributed by atoms with Crippen LogP contribution in [0.1, 0.15) is 86.0 Å². The Morgan fingerprint density at radius 1 is 1.09 bits per heavy atom. The molecule has 5 nitrogen and oxygen atoms in total. The molecule has 196 valence electrons. The number of aliphatic carboxylic acids is 1. The molecule has 0 spiro atoms. The van der Waals surface area contributed by atoms with Gasteiger partial charge in [0.1, 0.15) is 0 Å². The first kappa shape index (κ1) is 25.5. The van der Waals surface area contributed by atoms with Gasteiger partial charge in [-0.25, -0.2) is 0 Å². The monoisotopic (exact) mass is 486 g/mol. The van der Waals surface area contributed by atoms with Crippen molar-refractivity contribution < 1.29 is 25.2 Å². The lowest BCUT2D eigenvalue weighted by Gasteiger charge is -2.71. The molecule has 0 radical (unpaired) electrons. The summed E-state index contributed by atoms with van der Waals surface area (Å²) in [6.07, 6.45) is 7.00. The number of hydrogen-bond acceptors (Lipinski definition) is 4. The molecule has 3 unspecified atom stereocenters. The number of carboxylic acid groups (broad SMARTS) is 1. The normalized spacial score (nSPS) is 55.7. The molecule has 0 saturated heterocycles. The first-order valence-corrected chi connectivity index (χ1v) is 13.8. The van der Waals surface area contributed by atoms with Gasteiger partial charge in [0, 0.05) is 11.3 Å². The van der Waals surface area contributed by atoms with Gasteiger partial charge in [0.2, 0.25) is 0 Å². The molecule has 0 heterocycles. The number of aliphatic hydroxyl groups is 3. The van der Waals surface area contributed by atoms with E-state index in [1.54, 1.807) is 0 Å². The number of rotatable bonds is 2. The summed E-state index contributed by atoms with van der Waals surface area (Å²) in [6.45, 7) is 15.5. The third-order valence-corrected chi connectivity index (χ3v) is 13.1. The van der Waals surface area contributed by atoms with E-state index in [-0.39, 0.29) is 40.6 Å². The number of fused-ring (bicyclic) bond motifs is 7. The average molecular weight is 487 g/mol. The first-order chi connectivity index (χ1) is 16.2. The van der Waals surface area contributed by atoms with Crippen molar-refractivity contribution in [3.05, 3.63) is 23.8 Å². The summed E-state index contributed by atoms with van der Waals surface area (Å²) < 4.78 is 0. The van der Waals surface area contributed by atoms with Gasteiger partial charge in [0.15, 0.2) is 0 Å². The molecule has 5 aliphatic rings. The maximum absolute atomic E-state index is 12.8. The van der Waals surface area contributed by atoms with Crippen LogP contribution in [0.15, 0.2) is 23.8 Å². The molecule has 5 aliphatic carbocycles. The van der Waals surface area contributed by atoms with Crippen LogP contribution in [0.3, 0.4) is 0 Å². The maximum atomic E-state index is 12.8. The second-order valence-corrected chi connectivity index (χ2v) is 14.1. The van der Waals surface area contributed by atoms with E-state index in [0.717, 1.165) is 32.1 Å². The van der Waals surface area contributed by atoms with Crippen molar-refractivity contribution >= 4 is 5.97 Å². The summed E-state index contributed by atoms with van der Waals surface area (Å²) in [4.78, 5) is 12.8. The lowest BCUT2D eigenvalue weighted by atomic mass is 9.33. The Kier molecular flexibility index (Phi) is 5.59. The van der Waals surface area contributed by atoms with E-state index in [2.05, 4.69) is 40.3 Å². The summed E-state index contributed by atoms with van der Waals surface area (Å²) in [7, 11) is 0. The molecule has 0 aromatic carbocycles. The van der Waals surface area contributed by atoms with E-state index in [0.29, 0.717) is 25.2 Å². The quantitative estimate of drug-likeness (QED) is 0.414. The molecular weight excluding hydrogens is 440 g/mol. The van der Waals surface area contributed by atoms with Crippen molar-refractivity contribution in [1.29, 1.82) is 0 Å². The lowest BCUT2D eigenvalue weighted by molar-refractivity contribution is -0.243. The van der Waals surface area contributed by atoms with Crippen molar-refractivity contribution in [2.75, 3.05) is 6.61 Å². The van der Waals surface area contributed by atoms with Gasteiger partial charge in [-0.3, -0.25) is 4.79 Å². The van der Waals surface area contributed by atoms with Crippen molar-refractivity contribution in [3.8, 4) is 0 Å². The Morgan fingerprint density at radius 2 is 1.77 bits per heavy atom. The third-order valence-electron chi connectivity index (χ3n) is 13.1. The molecule has 4 N–H and O–H groups in total. The first-order valence-electron chi connectivity index (χ1n) is 13.8. The number of allylic oxidation sites excluding steroid dienone is 3. The van der Waals surface area contributed by atoms with Crippen molar-refractivity contribution in [2.45, 2.75) is 98.2 Å². The maximum Gasteiger partial charge on any atom is 0.310 e. The Morgan fingerprint density at radius 3 is 2.40 bits per heavy atom. The van der Waals surface area contributed by atoms with Crippen LogP contribution in [0.5, 0.6) is 0 Å². The minimum Gasteiger partial charge on any atom is -0.481 e. The summed E-state index contributed by atoms with van der Waals surface area (Å²) in [5, 5.41) is 42.8. The van der Waals surface area contributed by atoms with Crippen LogP contribution in [-0.2, 0) is 4.79 Å². The SMILES string of the molecule is C=C1CC[C@]2(C(=O)O)CC[C@]3(C)C(=CC[C@@H]4[C@@]5(C)CC(O)C(O)[C@](C)(CO)[C@@H]5CC[C@]43C)[C@@H]2C1C. The van der Waals surface area contributed by atoms with E-state index in [4.69, 9.17) is 0 Å². The molecule has 5 rings (SSSR count). The fourth-order valence-corrected chi connectivity index (χ4v) is 10.7. The largest absolute Gasteiger partial charge is 0.481 e. The smallest absolute Gasteiger partial charge is 0.310 e. The highest BCUT2D eigenvalue weighted by Crippen LogP contribution is 2.75. The molecule has 4 saturated carbocycles. The van der Waals surface area contributed by atoms with Crippen LogP contribution < -0.4 is 0 Å². The van der Waals surface area contributed by atoms with Gasteiger partial charge < -0.3 is 20.4 Å². The Balaban J connectivity index is 1.63. The standard InChI is InChI=1S/C30H46O5/c1-17-9-12-30(25(34)35)14-13-28(5)19(23(30)18(17)2)7-8-22-26(3)15-20(32)24(33)27(4,16-31)21(26)10-11-29(22,28)6/h7,18,20-24,31-33H,1,8-16H2,2-6H3,(H,34,35)/t18?,20?,21-,22-,23+,24?,26+,27-,28-,29-,30+/m1/s1. The van der Waals surface area contributed by atoms with E-state index in [1.165, 1.54) is 11.1 Å². The molecular formula is C30H46O5.